The van der Waals surface area contributed by atoms with Gasteiger partial charge in [0.15, 0.2) is 0 Å². The highest BCUT2D eigenvalue weighted by atomic mass is 19.1. The van der Waals surface area contributed by atoms with Gasteiger partial charge in [-0.3, -0.25) is 0 Å². The monoisotopic (exact) mass is 317 g/mol. The molecule has 1 heterocycles. The van der Waals surface area contributed by atoms with E-state index in [-0.39, 0.29) is 19.0 Å². The highest BCUT2D eigenvalue weighted by Crippen LogP contribution is 2.30. The Morgan fingerprint density at radius 3 is 2.83 bits per heavy atom. The molecule has 4 nitrogen and oxygen atoms in total. The van der Waals surface area contributed by atoms with Crippen molar-refractivity contribution in [2.45, 2.75) is 12.7 Å². The van der Waals surface area contributed by atoms with E-state index in [0.29, 0.717) is 18.7 Å². The Bertz CT molecular complexity index is 650. The maximum absolute atomic E-state index is 13.5. The Hall–Kier alpha value is -2.11. The second-order valence-corrected chi connectivity index (χ2v) is 5.52. The van der Waals surface area contributed by atoms with E-state index in [1.807, 2.05) is 24.3 Å². The number of halogens is 1. The Morgan fingerprint density at radius 1 is 1.17 bits per heavy atom. The molecule has 1 N–H and O–H groups in total. The number of benzene rings is 2. The van der Waals surface area contributed by atoms with Crippen LogP contribution in [-0.4, -0.2) is 37.5 Å². The zero-order chi connectivity index (χ0) is 16.1. The molecule has 0 fully saturated rings. The SMILES string of the molecule is O[C@H](COCc1ccccc1F)CN1CCOc2ccccc21. The summed E-state index contributed by atoms with van der Waals surface area (Å²) < 4.78 is 24.5. The van der Waals surface area contributed by atoms with E-state index in [1.165, 1.54) is 6.07 Å². The van der Waals surface area contributed by atoms with Crippen molar-refractivity contribution in [3.05, 3.63) is 59.9 Å². The fraction of sp³-hybridized carbons (Fsp3) is 0.333. The molecule has 3 rings (SSSR count). The van der Waals surface area contributed by atoms with Crippen LogP contribution >= 0.6 is 0 Å². The van der Waals surface area contributed by atoms with E-state index in [1.54, 1.807) is 18.2 Å². The molecule has 1 aliphatic rings. The summed E-state index contributed by atoms with van der Waals surface area (Å²) in [7, 11) is 0. The van der Waals surface area contributed by atoms with Gasteiger partial charge in [0.1, 0.15) is 18.2 Å². The summed E-state index contributed by atoms with van der Waals surface area (Å²) in [6, 6.07) is 14.3. The van der Waals surface area contributed by atoms with Crippen LogP contribution < -0.4 is 9.64 Å². The van der Waals surface area contributed by atoms with Crippen molar-refractivity contribution in [3.8, 4) is 5.75 Å². The molecule has 0 saturated carbocycles. The number of ether oxygens (including phenoxy) is 2. The first kappa shape index (κ1) is 15.8. The summed E-state index contributed by atoms with van der Waals surface area (Å²) in [5, 5.41) is 10.2. The topological polar surface area (TPSA) is 41.9 Å². The van der Waals surface area contributed by atoms with Crippen LogP contribution in [0.25, 0.3) is 0 Å². The standard InChI is InChI=1S/C18H20FNO3/c19-16-6-2-1-5-14(16)12-22-13-15(21)11-20-9-10-23-18-8-4-3-7-17(18)20/h1-8,15,21H,9-13H2/t15-/m0/s1. The number of hydrogen-bond acceptors (Lipinski definition) is 4. The Morgan fingerprint density at radius 2 is 1.96 bits per heavy atom. The lowest BCUT2D eigenvalue weighted by molar-refractivity contribution is 0.0304. The summed E-state index contributed by atoms with van der Waals surface area (Å²) in [6.07, 6.45) is -0.645. The van der Waals surface area contributed by atoms with Gasteiger partial charge in [-0.15, -0.1) is 0 Å². The van der Waals surface area contributed by atoms with Crippen LogP contribution in [0.4, 0.5) is 10.1 Å². The molecule has 0 amide bonds. The average molecular weight is 317 g/mol. The van der Waals surface area contributed by atoms with E-state index in [0.717, 1.165) is 18.0 Å². The van der Waals surface area contributed by atoms with Crippen LogP contribution in [0.15, 0.2) is 48.5 Å². The average Bonchev–Trinajstić information content (AvgIpc) is 2.57. The molecule has 0 bridgehead atoms. The van der Waals surface area contributed by atoms with Gasteiger partial charge in [-0.2, -0.15) is 0 Å². The first-order valence-electron chi connectivity index (χ1n) is 7.70. The van der Waals surface area contributed by atoms with Crippen LogP contribution in [0.1, 0.15) is 5.56 Å². The number of aliphatic hydroxyl groups is 1. The van der Waals surface area contributed by atoms with Gasteiger partial charge in [0.2, 0.25) is 0 Å². The highest BCUT2D eigenvalue weighted by molar-refractivity contribution is 5.59. The highest BCUT2D eigenvalue weighted by Gasteiger charge is 2.20. The normalized spacial score (nSPS) is 15.0. The molecule has 5 heteroatoms. The lowest BCUT2D eigenvalue weighted by Gasteiger charge is -2.32. The minimum absolute atomic E-state index is 0.156. The van der Waals surface area contributed by atoms with E-state index < -0.39 is 6.10 Å². The third-order valence-corrected chi connectivity index (χ3v) is 3.78. The minimum Gasteiger partial charge on any atom is -0.490 e. The molecule has 1 atom stereocenters. The molecule has 0 aliphatic carbocycles. The number of β-amino-alcohol motifs (C(OH)–C–C–N with tert-alkyl or cyclic N) is 1. The lowest BCUT2D eigenvalue weighted by Crippen LogP contribution is -2.39. The third kappa shape index (κ3) is 4.00. The van der Waals surface area contributed by atoms with Gasteiger partial charge in [-0.25, -0.2) is 4.39 Å². The van der Waals surface area contributed by atoms with Crippen molar-refractivity contribution in [1.29, 1.82) is 0 Å². The first-order valence-corrected chi connectivity index (χ1v) is 7.70. The van der Waals surface area contributed by atoms with Gasteiger partial charge >= 0.3 is 0 Å². The predicted molar refractivity (Wildman–Crippen MR) is 86.2 cm³/mol. The zero-order valence-corrected chi connectivity index (χ0v) is 12.8. The van der Waals surface area contributed by atoms with Crippen molar-refractivity contribution in [3.63, 3.8) is 0 Å². The molecule has 23 heavy (non-hydrogen) atoms. The summed E-state index contributed by atoms with van der Waals surface area (Å²) in [5.41, 5.74) is 1.48. The Balaban J connectivity index is 1.50. The van der Waals surface area contributed by atoms with Crippen molar-refractivity contribution in [2.24, 2.45) is 0 Å². The molecule has 0 radical (unpaired) electrons. The number of aliphatic hydroxyl groups excluding tert-OH is 1. The van der Waals surface area contributed by atoms with Gasteiger partial charge < -0.3 is 19.5 Å². The van der Waals surface area contributed by atoms with Crippen LogP contribution in [0.2, 0.25) is 0 Å². The number of anilines is 1. The molecular formula is C18H20FNO3. The molecule has 2 aromatic rings. The fourth-order valence-corrected chi connectivity index (χ4v) is 2.64. The van der Waals surface area contributed by atoms with Gasteiger partial charge in [0.05, 0.1) is 31.5 Å². The van der Waals surface area contributed by atoms with Crippen molar-refractivity contribution >= 4 is 5.69 Å². The first-order chi connectivity index (χ1) is 11.2. The van der Waals surface area contributed by atoms with Crippen LogP contribution in [0.5, 0.6) is 5.75 Å². The number of rotatable bonds is 6. The largest absolute Gasteiger partial charge is 0.490 e. The zero-order valence-electron chi connectivity index (χ0n) is 12.8. The summed E-state index contributed by atoms with van der Waals surface area (Å²) >= 11 is 0. The third-order valence-electron chi connectivity index (χ3n) is 3.78. The van der Waals surface area contributed by atoms with Gasteiger partial charge in [0.25, 0.3) is 0 Å². The van der Waals surface area contributed by atoms with Gasteiger partial charge in [-0.05, 0) is 18.2 Å². The molecule has 1 aliphatic heterocycles. The Labute approximate surface area is 135 Å². The predicted octanol–water partition coefficient (Wildman–Crippen LogP) is 2.60. The Kier molecular flexibility index (Phi) is 5.10. The molecule has 0 aromatic heterocycles. The summed E-state index contributed by atoms with van der Waals surface area (Å²) in [5.74, 6) is 0.544. The van der Waals surface area contributed by atoms with Crippen molar-refractivity contribution in [1.82, 2.24) is 0 Å². The molecule has 0 spiro atoms. The molecule has 0 unspecified atom stereocenters. The van der Waals surface area contributed by atoms with E-state index >= 15 is 0 Å². The second kappa shape index (κ2) is 7.44. The minimum atomic E-state index is -0.645. The van der Waals surface area contributed by atoms with Gasteiger partial charge in [0, 0.05) is 12.1 Å². The van der Waals surface area contributed by atoms with Crippen molar-refractivity contribution in [2.75, 3.05) is 31.2 Å². The van der Waals surface area contributed by atoms with E-state index in [2.05, 4.69) is 4.90 Å². The summed E-state index contributed by atoms with van der Waals surface area (Å²) in [6.45, 7) is 2.09. The quantitative estimate of drug-likeness (QED) is 0.889. The van der Waals surface area contributed by atoms with Gasteiger partial charge in [-0.1, -0.05) is 30.3 Å². The molecule has 122 valence electrons. The molecular weight excluding hydrogens is 297 g/mol. The number of nitrogens with zero attached hydrogens (tertiary/aromatic N) is 1. The maximum atomic E-state index is 13.5. The molecule has 0 saturated heterocycles. The number of hydrogen-bond donors (Lipinski definition) is 1. The second-order valence-electron chi connectivity index (χ2n) is 5.52. The maximum Gasteiger partial charge on any atom is 0.142 e. The molecule has 2 aromatic carbocycles. The van der Waals surface area contributed by atoms with E-state index in [9.17, 15) is 9.50 Å². The van der Waals surface area contributed by atoms with Crippen LogP contribution in [0, 0.1) is 5.82 Å². The van der Waals surface area contributed by atoms with Crippen LogP contribution in [0.3, 0.4) is 0 Å². The van der Waals surface area contributed by atoms with E-state index in [4.69, 9.17) is 9.47 Å². The number of fused-ring (bicyclic) bond motifs is 1. The van der Waals surface area contributed by atoms with Crippen LogP contribution in [-0.2, 0) is 11.3 Å². The lowest BCUT2D eigenvalue weighted by atomic mass is 10.2. The van der Waals surface area contributed by atoms with Crippen molar-refractivity contribution < 1.29 is 19.0 Å². The number of para-hydroxylation sites is 2. The fourth-order valence-electron chi connectivity index (χ4n) is 2.64. The summed E-state index contributed by atoms with van der Waals surface area (Å²) in [4.78, 5) is 2.08. The smallest absolute Gasteiger partial charge is 0.142 e.